The zero-order valence-corrected chi connectivity index (χ0v) is 22.6. The minimum atomic E-state index is -0.151. The zero-order valence-electron chi connectivity index (χ0n) is 22.6. The quantitative estimate of drug-likeness (QED) is 0.190. The summed E-state index contributed by atoms with van der Waals surface area (Å²) in [6.07, 6.45) is 15.6. The number of allylic oxidation sites excluding steroid dienone is 2. The smallest absolute Gasteiger partial charge is 0.0594 e. The zero-order chi connectivity index (χ0) is 24.1. The molecule has 0 radical (unpaired) electrons. The van der Waals surface area contributed by atoms with Crippen molar-refractivity contribution in [1.82, 2.24) is 0 Å². The van der Waals surface area contributed by atoms with Gasteiger partial charge in [0.15, 0.2) is 0 Å². The van der Waals surface area contributed by atoms with Gasteiger partial charge in [0.25, 0.3) is 0 Å². The summed E-state index contributed by atoms with van der Waals surface area (Å²) in [4.78, 5) is 0. The molecule has 8 atom stereocenters. The minimum absolute atomic E-state index is 0.0189. The van der Waals surface area contributed by atoms with Gasteiger partial charge >= 0.3 is 0 Å². The molecule has 5 rings (SSSR count). The number of aliphatic hydroxyl groups excluding tert-OH is 1. The molecule has 0 heterocycles. The highest BCUT2D eigenvalue weighted by Crippen LogP contribution is 2.75. The standard InChI is InChI=1S/C30H50N2O/c1-25(2)22-9-8-21-20(28(22,5)12-11-24(25)33)10-13-30(7)23-18-26(3,19-32-31)14-15-27(23,4)16-17-29(21,30)6/h19,22-24,33H,8-18,31H2,1-7H3/b32-19+/t22?,23-,24+,26-,27-,28-,29-,30+/m1/s1. The van der Waals surface area contributed by atoms with Gasteiger partial charge in [-0.1, -0.05) is 59.6 Å². The second kappa shape index (κ2) is 7.11. The Labute approximate surface area is 203 Å². The van der Waals surface area contributed by atoms with E-state index in [-0.39, 0.29) is 22.3 Å². The molecule has 3 heteroatoms. The largest absolute Gasteiger partial charge is 0.393 e. The first-order chi connectivity index (χ1) is 15.3. The van der Waals surface area contributed by atoms with Crippen LogP contribution in [0.2, 0.25) is 0 Å². The van der Waals surface area contributed by atoms with E-state index >= 15 is 0 Å². The Morgan fingerprint density at radius 3 is 2.21 bits per heavy atom. The predicted molar refractivity (Wildman–Crippen MR) is 138 cm³/mol. The number of fused-ring (bicyclic) bond motifs is 6. The van der Waals surface area contributed by atoms with Crippen LogP contribution >= 0.6 is 0 Å². The van der Waals surface area contributed by atoms with E-state index in [1.165, 1.54) is 64.2 Å². The minimum Gasteiger partial charge on any atom is -0.393 e. The molecule has 0 aliphatic heterocycles. The third-order valence-electron chi connectivity index (χ3n) is 13.2. The SMILES string of the molecule is CC1(C)C2CCC3=C(CC[C@@]4(C)[C@@H]5C[C@](C)(/C=N/N)CC[C@]5(C)CC[C@]34C)[C@@]2(C)CC[C@@H]1O. The Morgan fingerprint density at radius 1 is 0.818 bits per heavy atom. The maximum atomic E-state index is 10.9. The summed E-state index contributed by atoms with van der Waals surface area (Å²) in [5.74, 6) is 7.01. The van der Waals surface area contributed by atoms with Gasteiger partial charge in [-0.2, -0.15) is 5.10 Å². The number of rotatable bonds is 1. The third kappa shape index (κ3) is 2.99. The average molecular weight is 455 g/mol. The highest BCUT2D eigenvalue weighted by atomic mass is 16.3. The van der Waals surface area contributed by atoms with Gasteiger partial charge < -0.3 is 10.9 Å². The van der Waals surface area contributed by atoms with Gasteiger partial charge in [-0.25, -0.2) is 0 Å². The number of nitrogens with two attached hydrogens (primary N) is 1. The molecule has 0 aromatic heterocycles. The topological polar surface area (TPSA) is 58.6 Å². The molecule has 5 aliphatic carbocycles. The average Bonchev–Trinajstić information content (AvgIpc) is 2.74. The summed E-state index contributed by atoms with van der Waals surface area (Å²) in [5, 5.41) is 14.9. The van der Waals surface area contributed by atoms with Crippen molar-refractivity contribution in [2.24, 2.45) is 55.3 Å². The molecule has 5 aliphatic rings. The first kappa shape index (κ1) is 23.9. The van der Waals surface area contributed by atoms with E-state index in [1.807, 2.05) is 11.1 Å². The number of hydrogen-bond donors (Lipinski definition) is 2. The van der Waals surface area contributed by atoms with E-state index in [2.05, 4.69) is 59.8 Å². The van der Waals surface area contributed by atoms with Crippen molar-refractivity contribution in [2.45, 2.75) is 125 Å². The fourth-order valence-electron chi connectivity index (χ4n) is 10.6. The van der Waals surface area contributed by atoms with E-state index in [1.54, 1.807) is 0 Å². The predicted octanol–water partition coefficient (Wildman–Crippen LogP) is 7.24. The van der Waals surface area contributed by atoms with Crippen molar-refractivity contribution in [3.63, 3.8) is 0 Å². The fourth-order valence-corrected chi connectivity index (χ4v) is 10.6. The van der Waals surface area contributed by atoms with Gasteiger partial charge in [0, 0.05) is 11.6 Å². The van der Waals surface area contributed by atoms with E-state index in [4.69, 9.17) is 5.84 Å². The van der Waals surface area contributed by atoms with Crippen LogP contribution in [0, 0.1) is 44.3 Å². The highest BCUT2D eigenvalue weighted by Gasteiger charge is 2.66. The summed E-state index contributed by atoms with van der Waals surface area (Å²) < 4.78 is 0. The monoisotopic (exact) mass is 454 g/mol. The molecular formula is C30H50N2O. The van der Waals surface area contributed by atoms with Crippen LogP contribution in [0.3, 0.4) is 0 Å². The fraction of sp³-hybridized carbons (Fsp3) is 0.900. The van der Waals surface area contributed by atoms with Crippen molar-refractivity contribution < 1.29 is 5.11 Å². The van der Waals surface area contributed by atoms with Gasteiger partial charge in [0.1, 0.15) is 0 Å². The van der Waals surface area contributed by atoms with Crippen LogP contribution in [-0.4, -0.2) is 17.4 Å². The molecule has 3 fully saturated rings. The molecule has 3 nitrogen and oxygen atoms in total. The third-order valence-corrected chi connectivity index (χ3v) is 13.2. The second-order valence-corrected chi connectivity index (χ2v) is 14.9. The Hall–Kier alpha value is -0.830. The molecule has 0 saturated heterocycles. The van der Waals surface area contributed by atoms with Crippen LogP contribution in [0.5, 0.6) is 0 Å². The lowest BCUT2D eigenvalue weighted by molar-refractivity contribution is -0.149. The number of hydrazone groups is 1. The lowest BCUT2D eigenvalue weighted by Crippen LogP contribution is -2.61. The van der Waals surface area contributed by atoms with E-state index in [0.717, 1.165) is 12.3 Å². The molecule has 0 aromatic carbocycles. The van der Waals surface area contributed by atoms with Crippen LogP contribution < -0.4 is 5.84 Å². The van der Waals surface area contributed by atoms with Gasteiger partial charge in [-0.15, -0.1) is 0 Å². The highest BCUT2D eigenvalue weighted by molar-refractivity contribution is 5.65. The van der Waals surface area contributed by atoms with Crippen molar-refractivity contribution in [3.05, 3.63) is 11.1 Å². The summed E-state index contributed by atoms with van der Waals surface area (Å²) in [7, 11) is 0. The summed E-state index contributed by atoms with van der Waals surface area (Å²) in [5.41, 5.74) is 5.20. The molecule has 33 heavy (non-hydrogen) atoms. The summed E-state index contributed by atoms with van der Waals surface area (Å²) >= 11 is 0. The van der Waals surface area contributed by atoms with Crippen LogP contribution in [0.15, 0.2) is 16.2 Å². The molecule has 0 aromatic rings. The van der Waals surface area contributed by atoms with E-state index in [9.17, 15) is 5.11 Å². The van der Waals surface area contributed by atoms with Crippen LogP contribution in [0.4, 0.5) is 0 Å². The maximum Gasteiger partial charge on any atom is 0.0594 e. The van der Waals surface area contributed by atoms with Crippen molar-refractivity contribution in [2.75, 3.05) is 0 Å². The Balaban J connectivity index is 1.58. The van der Waals surface area contributed by atoms with Gasteiger partial charge in [-0.05, 0) is 110 Å². The van der Waals surface area contributed by atoms with Crippen molar-refractivity contribution in [3.8, 4) is 0 Å². The molecule has 1 unspecified atom stereocenters. The lowest BCUT2D eigenvalue weighted by atomic mass is 9.35. The van der Waals surface area contributed by atoms with Gasteiger partial charge in [0.05, 0.1) is 6.10 Å². The normalized spacial score (nSPS) is 53.8. The number of hydrogen-bond acceptors (Lipinski definition) is 3. The maximum absolute atomic E-state index is 10.9. The Kier molecular flexibility index (Phi) is 5.15. The lowest BCUT2D eigenvalue weighted by Gasteiger charge is -2.69. The molecular weight excluding hydrogens is 404 g/mol. The molecule has 0 bridgehead atoms. The van der Waals surface area contributed by atoms with Gasteiger partial charge in [-0.3, -0.25) is 0 Å². The van der Waals surface area contributed by atoms with E-state index in [0.29, 0.717) is 22.2 Å². The molecule has 3 N–H and O–H groups in total. The second-order valence-electron chi connectivity index (χ2n) is 14.9. The van der Waals surface area contributed by atoms with Crippen LogP contribution in [-0.2, 0) is 0 Å². The Morgan fingerprint density at radius 2 is 1.52 bits per heavy atom. The van der Waals surface area contributed by atoms with Gasteiger partial charge in [0.2, 0.25) is 0 Å². The number of aliphatic hydroxyl groups is 1. The van der Waals surface area contributed by atoms with Crippen LogP contribution in [0.1, 0.15) is 119 Å². The molecule has 0 amide bonds. The van der Waals surface area contributed by atoms with Crippen LogP contribution in [0.25, 0.3) is 0 Å². The first-order valence-electron chi connectivity index (χ1n) is 13.9. The van der Waals surface area contributed by atoms with Crippen molar-refractivity contribution in [1.29, 1.82) is 0 Å². The molecule has 186 valence electrons. The number of nitrogens with zero attached hydrogens (tertiary/aromatic N) is 1. The van der Waals surface area contributed by atoms with Crippen molar-refractivity contribution >= 4 is 6.21 Å². The van der Waals surface area contributed by atoms with E-state index < -0.39 is 0 Å². The first-order valence-corrected chi connectivity index (χ1v) is 13.9. The summed E-state index contributed by atoms with van der Waals surface area (Å²) in [6, 6.07) is 0. The Bertz CT molecular complexity index is 890. The molecule has 0 spiro atoms. The molecule has 3 saturated carbocycles. The summed E-state index contributed by atoms with van der Waals surface area (Å²) in [6.45, 7) is 17.6.